The van der Waals surface area contributed by atoms with Crippen molar-refractivity contribution in [2.24, 2.45) is 0 Å². The van der Waals surface area contributed by atoms with E-state index in [1.54, 1.807) is 16.2 Å². The predicted octanol–water partition coefficient (Wildman–Crippen LogP) is 1.09. The van der Waals surface area contributed by atoms with Gasteiger partial charge in [-0.25, -0.2) is 0 Å². The molecule has 0 bridgehead atoms. The summed E-state index contributed by atoms with van der Waals surface area (Å²) < 4.78 is 0.431. The maximum absolute atomic E-state index is 12.5. The average molecular weight is 398 g/mol. The van der Waals surface area contributed by atoms with E-state index in [9.17, 15) is 9.59 Å². The number of thiophene rings is 1. The summed E-state index contributed by atoms with van der Waals surface area (Å²) in [6.07, 6.45) is 1.82. The van der Waals surface area contributed by atoms with Gasteiger partial charge in [-0.05, 0) is 17.5 Å². The fraction of sp³-hybridized carbons (Fsp3) is 0.438. The number of hydrogen-bond acceptors (Lipinski definition) is 7. The van der Waals surface area contributed by atoms with Crippen molar-refractivity contribution in [3.63, 3.8) is 0 Å². The number of piperazine rings is 1. The van der Waals surface area contributed by atoms with E-state index in [4.69, 9.17) is 17.3 Å². The first-order valence-corrected chi connectivity index (χ1v) is 10.1. The standard InChI is InChI=1S/C16H19N3O3S3/c20-8-7-17-3-5-18(6-4-17)14(21)11-19-15(22)13(25-16(19)23)10-12-2-1-9-24-12/h1-2,9-10,20H,3-8,11H2/b13-10-. The van der Waals surface area contributed by atoms with Crippen molar-refractivity contribution in [2.75, 3.05) is 45.9 Å². The molecule has 2 saturated heterocycles. The fourth-order valence-corrected chi connectivity index (χ4v) is 4.71. The van der Waals surface area contributed by atoms with Crippen molar-refractivity contribution in [3.8, 4) is 0 Å². The molecule has 0 unspecified atom stereocenters. The van der Waals surface area contributed by atoms with Crippen LogP contribution >= 0.6 is 35.3 Å². The number of thioether (sulfide) groups is 1. The van der Waals surface area contributed by atoms with Gasteiger partial charge in [-0.1, -0.05) is 30.0 Å². The first-order chi connectivity index (χ1) is 12.1. The molecule has 3 heterocycles. The van der Waals surface area contributed by atoms with E-state index in [-0.39, 0.29) is 25.0 Å². The minimum absolute atomic E-state index is 0.00749. The Hall–Kier alpha value is -1.26. The Morgan fingerprint density at radius 3 is 2.72 bits per heavy atom. The number of carbonyl (C=O) groups excluding carboxylic acids is 2. The molecular weight excluding hydrogens is 378 g/mol. The highest BCUT2D eigenvalue weighted by atomic mass is 32.2. The summed E-state index contributed by atoms with van der Waals surface area (Å²) in [6, 6.07) is 3.87. The van der Waals surface area contributed by atoms with Gasteiger partial charge in [-0.15, -0.1) is 11.3 Å². The van der Waals surface area contributed by atoms with Crippen LogP contribution in [0.25, 0.3) is 6.08 Å². The van der Waals surface area contributed by atoms with Gasteiger partial charge in [0.25, 0.3) is 5.91 Å². The Kier molecular flexibility index (Phi) is 6.24. The zero-order chi connectivity index (χ0) is 17.8. The van der Waals surface area contributed by atoms with Crippen molar-refractivity contribution in [2.45, 2.75) is 0 Å². The smallest absolute Gasteiger partial charge is 0.266 e. The molecule has 25 heavy (non-hydrogen) atoms. The van der Waals surface area contributed by atoms with Crippen molar-refractivity contribution in [3.05, 3.63) is 27.3 Å². The third-order valence-electron chi connectivity index (χ3n) is 4.12. The number of thiocarbonyl (C=S) groups is 1. The molecule has 0 saturated carbocycles. The van der Waals surface area contributed by atoms with E-state index in [1.807, 2.05) is 23.6 Å². The monoisotopic (exact) mass is 397 g/mol. The van der Waals surface area contributed by atoms with Crippen LogP contribution in [-0.2, 0) is 9.59 Å². The number of rotatable bonds is 5. The van der Waals surface area contributed by atoms with Gasteiger partial charge in [0.1, 0.15) is 10.9 Å². The summed E-state index contributed by atoms with van der Waals surface area (Å²) in [5.41, 5.74) is 0. The molecule has 2 aliphatic heterocycles. The van der Waals surface area contributed by atoms with Crippen molar-refractivity contribution < 1.29 is 14.7 Å². The van der Waals surface area contributed by atoms with E-state index in [0.717, 1.165) is 18.0 Å². The van der Waals surface area contributed by atoms with Gasteiger partial charge in [0.2, 0.25) is 5.91 Å². The first kappa shape index (κ1) is 18.5. The lowest BCUT2D eigenvalue weighted by Gasteiger charge is -2.35. The van der Waals surface area contributed by atoms with Crippen LogP contribution < -0.4 is 0 Å². The predicted molar refractivity (Wildman–Crippen MR) is 104 cm³/mol. The fourth-order valence-electron chi connectivity index (χ4n) is 2.74. The van der Waals surface area contributed by atoms with Crippen molar-refractivity contribution in [1.29, 1.82) is 0 Å². The third kappa shape index (κ3) is 4.48. The summed E-state index contributed by atoms with van der Waals surface area (Å²) in [6.45, 7) is 3.45. The van der Waals surface area contributed by atoms with Crippen molar-refractivity contribution >= 4 is 57.5 Å². The summed E-state index contributed by atoms with van der Waals surface area (Å²) in [5, 5.41) is 10.9. The number of aliphatic hydroxyl groups is 1. The van der Waals surface area contributed by atoms with Crippen LogP contribution in [0.1, 0.15) is 4.88 Å². The zero-order valence-electron chi connectivity index (χ0n) is 13.6. The molecular formula is C16H19N3O3S3. The molecule has 1 aromatic rings. The Balaban J connectivity index is 1.58. The van der Waals surface area contributed by atoms with Crippen LogP contribution in [0.3, 0.4) is 0 Å². The second-order valence-electron chi connectivity index (χ2n) is 5.73. The normalized spacial score (nSPS) is 20.8. The second-order valence-corrected chi connectivity index (χ2v) is 8.38. The Labute approximate surface area is 160 Å². The van der Waals surface area contributed by atoms with E-state index in [0.29, 0.717) is 28.9 Å². The summed E-state index contributed by atoms with van der Waals surface area (Å²) >= 11 is 8.09. The zero-order valence-corrected chi connectivity index (χ0v) is 16.0. The first-order valence-electron chi connectivity index (χ1n) is 7.98. The van der Waals surface area contributed by atoms with Crippen LogP contribution in [0.2, 0.25) is 0 Å². The summed E-state index contributed by atoms with van der Waals surface area (Å²) in [4.78, 5) is 31.9. The molecule has 3 rings (SSSR count). The molecule has 1 N–H and O–H groups in total. The van der Waals surface area contributed by atoms with Crippen LogP contribution in [0.15, 0.2) is 22.4 Å². The third-order valence-corrected chi connectivity index (χ3v) is 6.32. The Bertz CT molecular complexity index is 682. The van der Waals surface area contributed by atoms with Crippen LogP contribution in [0.5, 0.6) is 0 Å². The molecule has 2 aliphatic rings. The molecule has 9 heteroatoms. The number of nitrogens with zero attached hydrogens (tertiary/aromatic N) is 3. The lowest BCUT2D eigenvalue weighted by molar-refractivity contribution is -0.136. The van der Waals surface area contributed by atoms with E-state index < -0.39 is 0 Å². The highest BCUT2D eigenvalue weighted by Crippen LogP contribution is 2.33. The number of amides is 2. The number of hydrogen-bond donors (Lipinski definition) is 1. The summed E-state index contributed by atoms with van der Waals surface area (Å²) in [7, 11) is 0. The lowest BCUT2D eigenvalue weighted by atomic mass is 10.3. The molecule has 2 amide bonds. The Morgan fingerprint density at radius 1 is 1.32 bits per heavy atom. The second kappa shape index (κ2) is 8.41. The van der Waals surface area contributed by atoms with Crippen LogP contribution in [-0.4, -0.2) is 81.8 Å². The quantitative estimate of drug-likeness (QED) is 0.593. The maximum Gasteiger partial charge on any atom is 0.266 e. The lowest BCUT2D eigenvalue weighted by Crippen LogP contribution is -2.52. The SMILES string of the molecule is O=C(CN1C(=O)/C(=C/c2cccs2)SC1=S)N1CCN(CCO)CC1. The van der Waals surface area contributed by atoms with Gasteiger partial charge in [-0.2, -0.15) is 0 Å². The van der Waals surface area contributed by atoms with Gasteiger partial charge in [0, 0.05) is 37.6 Å². The minimum atomic E-state index is -0.198. The molecule has 0 radical (unpaired) electrons. The molecule has 1 aromatic heterocycles. The van der Waals surface area contributed by atoms with Gasteiger partial charge in [0.05, 0.1) is 11.5 Å². The van der Waals surface area contributed by atoms with Crippen LogP contribution in [0, 0.1) is 0 Å². The number of carbonyl (C=O) groups is 2. The largest absolute Gasteiger partial charge is 0.395 e. The number of β-amino-alcohol motifs (C(OH)–C–C–N with tert-alkyl or cyclic N) is 1. The molecule has 0 atom stereocenters. The molecule has 6 nitrogen and oxygen atoms in total. The molecule has 0 aliphatic carbocycles. The molecule has 0 spiro atoms. The van der Waals surface area contributed by atoms with Gasteiger partial charge >= 0.3 is 0 Å². The van der Waals surface area contributed by atoms with Gasteiger partial charge in [-0.3, -0.25) is 19.4 Å². The highest BCUT2D eigenvalue weighted by Gasteiger charge is 2.34. The highest BCUT2D eigenvalue weighted by molar-refractivity contribution is 8.26. The van der Waals surface area contributed by atoms with E-state index >= 15 is 0 Å². The molecule has 2 fully saturated rings. The summed E-state index contributed by atoms with van der Waals surface area (Å²) in [5.74, 6) is -0.284. The minimum Gasteiger partial charge on any atom is -0.395 e. The van der Waals surface area contributed by atoms with E-state index in [1.165, 1.54) is 16.7 Å². The molecule has 0 aromatic carbocycles. The Morgan fingerprint density at radius 2 is 2.08 bits per heavy atom. The topological polar surface area (TPSA) is 64.1 Å². The van der Waals surface area contributed by atoms with E-state index in [2.05, 4.69) is 4.90 Å². The van der Waals surface area contributed by atoms with Crippen LogP contribution in [0.4, 0.5) is 0 Å². The molecule has 134 valence electrons. The average Bonchev–Trinajstić information content (AvgIpc) is 3.20. The maximum atomic E-state index is 12.5. The van der Waals surface area contributed by atoms with Crippen molar-refractivity contribution in [1.82, 2.24) is 14.7 Å². The number of aliphatic hydroxyl groups excluding tert-OH is 1. The van der Waals surface area contributed by atoms with Gasteiger partial charge < -0.3 is 10.0 Å². The van der Waals surface area contributed by atoms with Gasteiger partial charge in [0.15, 0.2) is 0 Å².